The quantitative estimate of drug-likeness (QED) is 0.372. The molecule has 0 amide bonds. The molecule has 1 aliphatic carbocycles. The molecule has 9 heteroatoms. The summed E-state index contributed by atoms with van der Waals surface area (Å²) in [5.41, 5.74) is 3.51. The van der Waals surface area contributed by atoms with Gasteiger partial charge in [0.25, 0.3) is 0 Å². The van der Waals surface area contributed by atoms with Crippen molar-refractivity contribution in [3.63, 3.8) is 0 Å². The summed E-state index contributed by atoms with van der Waals surface area (Å²) in [5.74, 6) is 0.205. The van der Waals surface area contributed by atoms with Gasteiger partial charge in [-0.1, -0.05) is 11.6 Å². The number of aryl methyl sites for hydroxylation is 1. The first kappa shape index (κ1) is 21.6. The van der Waals surface area contributed by atoms with Crippen LogP contribution in [0.25, 0.3) is 22.4 Å². The normalized spacial score (nSPS) is 22.9. The van der Waals surface area contributed by atoms with E-state index in [9.17, 15) is 4.39 Å². The Balaban J connectivity index is 1.41. The van der Waals surface area contributed by atoms with Crippen LogP contribution >= 0.6 is 11.6 Å². The van der Waals surface area contributed by atoms with Crippen molar-refractivity contribution < 1.29 is 9.13 Å². The Labute approximate surface area is 201 Å². The average molecular weight is 479 g/mol. The van der Waals surface area contributed by atoms with Crippen molar-refractivity contribution >= 4 is 22.8 Å². The number of rotatable bonds is 4. The number of fused-ring (bicyclic) bond motifs is 1. The van der Waals surface area contributed by atoms with Crippen LogP contribution < -0.4 is 0 Å². The fourth-order valence-corrected chi connectivity index (χ4v) is 4.85. The van der Waals surface area contributed by atoms with E-state index in [1.165, 1.54) is 18.9 Å². The zero-order valence-electron chi connectivity index (χ0n) is 18.9. The summed E-state index contributed by atoms with van der Waals surface area (Å²) in [6.45, 7) is 3.93. The largest absolute Gasteiger partial charge is 0.370 e. The van der Waals surface area contributed by atoms with E-state index in [2.05, 4.69) is 28.2 Å². The van der Waals surface area contributed by atoms with Gasteiger partial charge in [0.05, 0.1) is 30.1 Å². The number of hydrogen-bond donors (Lipinski definition) is 0. The first-order valence-corrected chi connectivity index (χ1v) is 12.0. The van der Waals surface area contributed by atoms with Crippen LogP contribution in [0, 0.1) is 12.7 Å². The molecule has 4 aromatic rings. The lowest BCUT2D eigenvalue weighted by Crippen LogP contribution is -2.26. The third-order valence-electron chi connectivity index (χ3n) is 6.52. The standard InChI is InChI=1S/C25H24ClFN6O/c1-13-10-28-23-22(19-6-3-17(26)9-20(19)27)31-24(32-25(23)30-13)15-7-14(2)34-21(8-15)16-11-29-33(12-16)18-4-5-18/h3,6,9-12,14-15,18,21H,4-5,7-8H2,1-2H3/t14-,15+,21-/m1/s1. The van der Waals surface area contributed by atoms with E-state index in [4.69, 9.17) is 26.3 Å². The molecule has 0 bridgehead atoms. The van der Waals surface area contributed by atoms with Crippen molar-refractivity contribution in [2.24, 2.45) is 0 Å². The summed E-state index contributed by atoms with van der Waals surface area (Å²) in [4.78, 5) is 18.7. The van der Waals surface area contributed by atoms with Crippen molar-refractivity contribution in [2.75, 3.05) is 0 Å². The highest BCUT2D eigenvalue weighted by Gasteiger charge is 2.33. The Kier molecular flexibility index (Phi) is 5.30. The number of hydrogen-bond acceptors (Lipinski definition) is 6. The zero-order chi connectivity index (χ0) is 23.4. The van der Waals surface area contributed by atoms with Gasteiger partial charge in [-0.15, -0.1) is 0 Å². The lowest BCUT2D eigenvalue weighted by molar-refractivity contribution is -0.0511. The maximum Gasteiger partial charge on any atom is 0.182 e. The minimum Gasteiger partial charge on any atom is -0.370 e. The summed E-state index contributed by atoms with van der Waals surface area (Å²) in [5, 5.41) is 4.86. The molecule has 1 saturated carbocycles. The van der Waals surface area contributed by atoms with Crippen LogP contribution in [0.1, 0.15) is 67.8 Å². The van der Waals surface area contributed by atoms with E-state index in [1.54, 1.807) is 18.3 Å². The molecule has 0 spiro atoms. The van der Waals surface area contributed by atoms with Gasteiger partial charge in [-0.05, 0) is 57.7 Å². The van der Waals surface area contributed by atoms with E-state index in [0.29, 0.717) is 45.7 Å². The van der Waals surface area contributed by atoms with Crippen LogP contribution in [0.4, 0.5) is 4.39 Å². The Bertz CT molecular complexity index is 1390. The molecule has 174 valence electrons. The number of halogens is 2. The topological polar surface area (TPSA) is 78.6 Å². The number of benzene rings is 1. The summed E-state index contributed by atoms with van der Waals surface area (Å²) in [6, 6.07) is 5.09. The van der Waals surface area contributed by atoms with Crippen LogP contribution in [0.15, 0.2) is 36.8 Å². The van der Waals surface area contributed by atoms with Crippen LogP contribution in [0.2, 0.25) is 5.02 Å². The molecule has 3 atom stereocenters. The lowest BCUT2D eigenvalue weighted by Gasteiger charge is -2.33. The van der Waals surface area contributed by atoms with Crippen molar-refractivity contribution in [3.8, 4) is 11.3 Å². The molecule has 1 saturated heterocycles. The molecular formula is C25H24ClFN6O. The third-order valence-corrected chi connectivity index (χ3v) is 6.76. The molecule has 0 N–H and O–H groups in total. The van der Waals surface area contributed by atoms with Gasteiger partial charge in [-0.25, -0.2) is 24.3 Å². The van der Waals surface area contributed by atoms with Crippen LogP contribution in [0.5, 0.6) is 0 Å². The minimum absolute atomic E-state index is 0.0200. The zero-order valence-corrected chi connectivity index (χ0v) is 19.7. The Morgan fingerprint density at radius 3 is 2.76 bits per heavy atom. The van der Waals surface area contributed by atoms with E-state index < -0.39 is 5.82 Å². The van der Waals surface area contributed by atoms with E-state index in [-0.39, 0.29) is 18.1 Å². The monoisotopic (exact) mass is 478 g/mol. The van der Waals surface area contributed by atoms with Gasteiger partial charge in [0, 0.05) is 34.5 Å². The van der Waals surface area contributed by atoms with Gasteiger partial charge in [0.2, 0.25) is 0 Å². The Morgan fingerprint density at radius 2 is 1.97 bits per heavy atom. The van der Waals surface area contributed by atoms with Crippen molar-refractivity contribution in [1.29, 1.82) is 0 Å². The molecule has 34 heavy (non-hydrogen) atoms. The van der Waals surface area contributed by atoms with E-state index in [0.717, 1.165) is 17.7 Å². The Morgan fingerprint density at radius 1 is 1.12 bits per heavy atom. The minimum atomic E-state index is -0.452. The van der Waals surface area contributed by atoms with Gasteiger partial charge in [0.15, 0.2) is 5.65 Å². The molecule has 1 aliphatic heterocycles. The summed E-state index contributed by atoms with van der Waals surface area (Å²) in [7, 11) is 0. The highest BCUT2D eigenvalue weighted by molar-refractivity contribution is 6.30. The second kappa shape index (κ2) is 8.36. The maximum absolute atomic E-state index is 14.9. The fraction of sp³-hybridized carbons (Fsp3) is 0.400. The molecule has 3 aromatic heterocycles. The number of aromatic nitrogens is 6. The predicted octanol–water partition coefficient (Wildman–Crippen LogP) is 5.74. The maximum atomic E-state index is 14.9. The Hall–Kier alpha value is -2.97. The first-order chi connectivity index (χ1) is 16.4. The van der Waals surface area contributed by atoms with Crippen molar-refractivity contribution in [3.05, 3.63) is 64.7 Å². The number of ether oxygens (including phenoxy) is 1. The highest BCUT2D eigenvalue weighted by Crippen LogP contribution is 2.41. The summed E-state index contributed by atoms with van der Waals surface area (Å²) >= 11 is 5.99. The van der Waals surface area contributed by atoms with E-state index >= 15 is 0 Å². The second-order valence-corrected chi connectivity index (χ2v) is 9.76. The second-order valence-electron chi connectivity index (χ2n) is 9.33. The van der Waals surface area contributed by atoms with E-state index in [1.807, 2.05) is 17.8 Å². The SMILES string of the molecule is Cc1cnc2c(-c3ccc(Cl)cc3F)nc([C@H]3C[C@@H](C)O[C@@H](c4cnn(C5CC5)c4)C3)nc2n1. The molecule has 2 fully saturated rings. The van der Waals surface area contributed by atoms with Gasteiger partial charge in [-0.2, -0.15) is 5.10 Å². The van der Waals surface area contributed by atoms with Crippen LogP contribution in [-0.2, 0) is 4.74 Å². The molecule has 0 radical (unpaired) electrons. The molecular weight excluding hydrogens is 455 g/mol. The van der Waals surface area contributed by atoms with Crippen molar-refractivity contribution in [2.45, 2.75) is 63.7 Å². The summed E-state index contributed by atoms with van der Waals surface area (Å²) < 4.78 is 23.2. The van der Waals surface area contributed by atoms with Gasteiger partial charge < -0.3 is 4.74 Å². The highest BCUT2D eigenvalue weighted by atomic mass is 35.5. The molecule has 4 heterocycles. The summed E-state index contributed by atoms with van der Waals surface area (Å²) in [6.07, 6.45) is 9.42. The van der Waals surface area contributed by atoms with Gasteiger partial charge in [-0.3, -0.25) is 4.68 Å². The molecule has 7 nitrogen and oxygen atoms in total. The van der Waals surface area contributed by atoms with Gasteiger partial charge >= 0.3 is 0 Å². The van der Waals surface area contributed by atoms with Crippen LogP contribution in [0.3, 0.4) is 0 Å². The number of nitrogens with zero attached hydrogens (tertiary/aromatic N) is 6. The lowest BCUT2D eigenvalue weighted by atomic mass is 9.89. The van der Waals surface area contributed by atoms with Gasteiger partial charge in [0.1, 0.15) is 22.9 Å². The molecule has 1 aromatic carbocycles. The first-order valence-electron chi connectivity index (χ1n) is 11.6. The predicted molar refractivity (Wildman–Crippen MR) is 126 cm³/mol. The van der Waals surface area contributed by atoms with Crippen molar-refractivity contribution in [1.82, 2.24) is 29.7 Å². The molecule has 0 unspecified atom stereocenters. The molecule has 2 aliphatic rings. The smallest absolute Gasteiger partial charge is 0.182 e. The fourth-order valence-electron chi connectivity index (χ4n) is 4.69. The molecule has 6 rings (SSSR count). The third kappa shape index (κ3) is 4.05. The van der Waals surface area contributed by atoms with Crippen LogP contribution in [-0.4, -0.2) is 35.8 Å². The average Bonchev–Trinajstić information content (AvgIpc) is 3.54.